The van der Waals surface area contributed by atoms with E-state index in [1.165, 1.54) is 6.07 Å². The van der Waals surface area contributed by atoms with Crippen LogP contribution in [0.15, 0.2) is 30.6 Å². The predicted octanol–water partition coefficient (Wildman–Crippen LogP) is 2.96. The van der Waals surface area contributed by atoms with Crippen molar-refractivity contribution in [3.63, 3.8) is 0 Å². The molecule has 0 amide bonds. The van der Waals surface area contributed by atoms with Crippen molar-refractivity contribution in [3.8, 4) is 0 Å². The second kappa shape index (κ2) is 4.71. The zero-order valence-corrected chi connectivity index (χ0v) is 9.37. The molecule has 0 aliphatic rings. The van der Waals surface area contributed by atoms with Crippen molar-refractivity contribution >= 4 is 17.3 Å². The summed E-state index contributed by atoms with van der Waals surface area (Å²) >= 11 is 0. The number of hydrogen-bond donors (Lipinski definition) is 2. The van der Waals surface area contributed by atoms with Crippen LogP contribution in [0, 0.1) is 5.82 Å². The fraction of sp³-hybridized carbons (Fsp3) is 0.0909. The summed E-state index contributed by atoms with van der Waals surface area (Å²) in [6, 6.07) is 3.33. The SMILES string of the molecule is Nc1cc(Nc2cc(C(F)(F)F)ccc2F)ncn1. The average molecular weight is 272 g/mol. The molecule has 2 aromatic rings. The minimum atomic E-state index is -4.55. The third-order valence-electron chi connectivity index (χ3n) is 2.24. The van der Waals surface area contributed by atoms with Crippen molar-refractivity contribution in [2.45, 2.75) is 6.18 Å². The maximum absolute atomic E-state index is 13.4. The number of aromatic nitrogens is 2. The van der Waals surface area contributed by atoms with Crippen molar-refractivity contribution in [1.29, 1.82) is 0 Å². The molecule has 0 saturated heterocycles. The van der Waals surface area contributed by atoms with Gasteiger partial charge in [-0.1, -0.05) is 0 Å². The molecular formula is C11H8F4N4. The van der Waals surface area contributed by atoms with Crippen LogP contribution >= 0.6 is 0 Å². The van der Waals surface area contributed by atoms with E-state index in [4.69, 9.17) is 5.73 Å². The summed E-state index contributed by atoms with van der Waals surface area (Å²) in [5.41, 5.74) is 4.08. The standard InChI is InChI=1S/C11H8F4N4/c12-7-2-1-6(11(13,14)15)3-8(7)19-10-4-9(16)17-5-18-10/h1-5H,(H3,16,17,18,19). The molecule has 2 rings (SSSR count). The van der Waals surface area contributed by atoms with E-state index < -0.39 is 17.6 Å². The van der Waals surface area contributed by atoms with Crippen molar-refractivity contribution < 1.29 is 17.6 Å². The van der Waals surface area contributed by atoms with E-state index in [2.05, 4.69) is 15.3 Å². The summed E-state index contributed by atoms with van der Waals surface area (Å²) in [6.07, 6.45) is -3.43. The van der Waals surface area contributed by atoms with E-state index in [0.29, 0.717) is 12.1 Å². The lowest BCUT2D eigenvalue weighted by Crippen LogP contribution is -2.07. The Labute approximate surface area is 105 Å². The summed E-state index contributed by atoms with van der Waals surface area (Å²) in [5, 5.41) is 2.42. The molecule has 0 radical (unpaired) electrons. The van der Waals surface area contributed by atoms with E-state index >= 15 is 0 Å². The first-order valence-electron chi connectivity index (χ1n) is 5.07. The van der Waals surface area contributed by atoms with Gasteiger partial charge in [0.15, 0.2) is 0 Å². The Morgan fingerprint density at radius 1 is 1.11 bits per heavy atom. The summed E-state index contributed by atoms with van der Waals surface area (Å²) < 4.78 is 51.0. The van der Waals surface area contributed by atoms with E-state index in [9.17, 15) is 17.6 Å². The van der Waals surface area contributed by atoms with Gasteiger partial charge in [-0.3, -0.25) is 0 Å². The lowest BCUT2D eigenvalue weighted by atomic mass is 10.2. The van der Waals surface area contributed by atoms with E-state index in [-0.39, 0.29) is 17.3 Å². The van der Waals surface area contributed by atoms with Crippen LogP contribution < -0.4 is 11.1 Å². The quantitative estimate of drug-likeness (QED) is 0.825. The van der Waals surface area contributed by atoms with Gasteiger partial charge >= 0.3 is 6.18 Å². The molecule has 100 valence electrons. The molecule has 0 saturated carbocycles. The smallest absolute Gasteiger partial charge is 0.384 e. The number of nitrogens with one attached hydrogen (secondary N) is 1. The molecule has 3 N–H and O–H groups in total. The van der Waals surface area contributed by atoms with Crippen LogP contribution in [-0.4, -0.2) is 9.97 Å². The van der Waals surface area contributed by atoms with Crippen molar-refractivity contribution in [2.24, 2.45) is 0 Å². The zero-order valence-electron chi connectivity index (χ0n) is 9.37. The van der Waals surface area contributed by atoms with Crippen LogP contribution in [0.4, 0.5) is 34.9 Å². The highest BCUT2D eigenvalue weighted by Gasteiger charge is 2.31. The van der Waals surface area contributed by atoms with Gasteiger partial charge in [0.1, 0.15) is 23.8 Å². The van der Waals surface area contributed by atoms with Crippen LogP contribution in [0.1, 0.15) is 5.56 Å². The van der Waals surface area contributed by atoms with Gasteiger partial charge in [-0.05, 0) is 18.2 Å². The lowest BCUT2D eigenvalue weighted by molar-refractivity contribution is -0.137. The van der Waals surface area contributed by atoms with Crippen LogP contribution in [0.2, 0.25) is 0 Å². The van der Waals surface area contributed by atoms with Crippen LogP contribution in [0.25, 0.3) is 0 Å². The summed E-state index contributed by atoms with van der Waals surface area (Å²) in [5.74, 6) is -0.610. The normalized spacial score (nSPS) is 11.4. The van der Waals surface area contributed by atoms with Crippen molar-refractivity contribution in [1.82, 2.24) is 9.97 Å². The maximum atomic E-state index is 13.4. The number of benzene rings is 1. The minimum absolute atomic E-state index is 0.103. The number of alkyl halides is 3. The molecule has 19 heavy (non-hydrogen) atoms. The number of hydrogen-bond acceptors (Lipinski definition) is 4. The van der Waals surface area contributed by atoms with Gasteiger partial charge < -0.3 is 11.1 Å². The summed E-state index contributed by atoms with van der Waals surface area (Å²) in [4.78, 5) is 7.33. The van der Waals surface area contributed by atoms with Crippen molar-refractivity contribution in [3.05, 3.63) is 42.0 Å². The number of nitrogen functional groups attached to an aromatic ring is 1. The molecule has 8 heteroatoms. The first kappa shape index (κ1) is 13.1. The fourth-order valence-corrected chi connectivity index (χ4v) is 1.38. The van der Waals surface area contributed by atoms with Crippen LogP contribution in [0.5, 0.6) is 0 Å². The molecule has 0 spiro atoms. The number of rotatable bonds is 2. The summed E-state index contributed by atoms with van der Waals surface area (Å²) in [6.45, 7) is 0. The van der Waals surface area contributed by atoms with Crippen LogP contribution in [-0.2, 0) is 6.18 Å². The molecule has 1 aromatic heterocycles. The van der Waals surface area contributed by atoms with E-state index in [0.717, 1.165) is 12.4 Å². The maximum Gasteiger partial charge on any atom is 0.416 e. The van der Waals surface area contributed by atoms with Crippen LogP contribution in [0.3, 0.4) is 0 Å². The third kappa shape index (κ3) is 3.09. The largest absolute Gasteiger partial charge is 0.416 e. The molecule has 0 aliphatic heterocycles. The van der Waals surface area contributed by atoms with Gasteiger partial charge in [0.25, 0.3) is 0 Å². The Kier molecular flexibility index (Phi) is 3.24. The Bertz CT molecular complexity index is 597. The fourth-order valence-electron chi connectivity index (χ4n) is 1.38. The molecule has 0 unspecified atom stereocenters. The highest BCUT2D eigenvalue weighted by molar-refractivity contribution is 5.59. The Hall–Kier alpha value is -2.38. The van der Waals surface area contributed by atoms with Gasteiger partial charge in [-0.25, -0.2) is 14.4 Å². The average Bonchev–Trinajstić information content (AvgIpc) is 2.30. The number of nitrogens with zero attached hydrogens (tertiary/aromatic N) is 2. The molecule has 0 fully saturated rings. The zero-order chi connectivity index (χ0) is 14.0. The number of anilines is 3. The van der Waals surface area contributed by atoms with Gasteiger partial charge in [-0.15, -0.1) is 0 Å². The van der Waals surface area contributed by atoms with Gasteiger partial charge in [-0.2, -0.15) is 13.2 Å². The third-order valence-corrected chi connectivity index (χ3v) is 2.24. The van der Waals surface area contributed by atoms with E-state index in [1.54, 1.807) is 0 Å². The summed E-state index contributed by atoms with van der Waals surface area (Å²) in [7, 11) is 0. The second-order valence-corrected chi connectivity index (χ2v) is 3.65. The van der Waals surface area contributed by atoms with Gasteiger partial charge in [0.2, 0.25) is 0 Å². The first-order valence-corrected chi connectivity index (χ1v) is 5.07. The topological polar surface area (TPSA) is 63.8 Å². The molecule has 0 aliphatic carbocycles. The molecule has 0 atom stereocenters. The van der Waals surface area contributed by atoms with Crippen molar-refractivity contribution in [2.75, 3.05) is 11.1 Å². The molecular weight excluding hydrogens is 264 g/mol. The minimum Gasteiger partial charge on any atom is -0.384 e. The van der Waals surface area contributed by atoms with Gasteiger partial charge in [0.05, 0.1) is 11.3 Å². The number of halogens is 4. The number of nitrogens with two attached hydrogens (primary N) is 1. The first-order chi connectivity index (χ1) is 8.86. The highest BCUT2D eigenvalue weighted by Crippen LogP contribution is 2.32. The highest BCUT2D eigenvalue weighted by atomic mass is 19.4. The molecule has 1 aromatic carbocycles. The van der Waals surface area contributed by atoms with Gasteiger partial charge in [0, 0.05) is 6.07 Å². The predicted molar refractivity (Wildman–Crippen MR) is 61.1 cm³/mol. The molecule has 1 heterocycles. The van der Waals surface area contributed by atoms with E-state index in [1.807, 2.05) is 0 Å². The molecule has 0 bridgehead atoms. The lowest BCUT2D eigenvalue weighted by Gasteiger charge is -2.11. The molecule has 4 nitrogen and oxygen atoms in total. The Morgan fingerprint density at radius 3 is 2.47 bits per heavy atom. The Balaban J connectivity index is 2.34. The second-order valence-electron chi connectivity index (χ2n) is 3.65. The monoisotopic (exact) mass is 272 g/mol. The Morgan fingerprint density at radius 2 is 1.84 bits per heavy atom.